The van der Waals surface area contributed by atoms with E-state index in [4.69, 9.17) is 4.74 Å². The Morgan fingerprint density at radius 1 is 1.18 bits per heavy atom. The van der Waals surface area contributed by atoms with E-state index < -0.39 is 0 Å². The molecule has 0 radical (unpaired) electrons. The number of aromatic nitrogens is 4. The minimum Gasteiger partial charge on any atom is -0.380 e. The topological polar surface area (TPSA) is 88.4 Å². The van der Waals surface area contributed by atoms with Crippen LogP contribution in [0, 0.1) is 0 Å². The van der Waals surface area contributed by atoms with E-state index in [1.54, 1.807) is 28.4 Å². The van der Waals surface area contributed by atoms with Gasteiger partial charge in [0.2, 0.25) is 5.95 Å². The maximum Gasteiger partial charge on any atom is 0.255 e. The minimum absolute atomic E-state index is 0.103. The quantitative estimate of drug-likeness (QED) is 0.596. The zero-order chi connectivity index (χ0) is 23.0. The van der Waals surface area contributed by atoms with Crippen LogP contribution in [0.3, 0.4) is 0 Å². The molecule has 0 bridgehead atoms. The van der Waals surface area contributed by atoms with Crippen molar-refractivity contribution in [3.05, 3.63) is 41.0 Å². The molecule has 33 heavy (non-hydrogen) atoms. The number of aryl methyl sites for hydroxylation is 1. The Bertz CT molecular complexity index is 1150. The molecule has 1 saturated heterocycles. The number of nitrogens with zero attached hydrogens (tertiary/aromatic N) is 6. The van der Waals surface area contributed by atoms with Crippen LogP contribution in [0.4, 0.5) is 11.8 Å². The van der Waals surface area contributed by atoms with Crippen molar-refractivity contribution in [3.8, 4) is 10.6 Å². The summed E-state index contributed by atoms with van der Waals surface area (Å²) in [5.41, 5.74) is 1.24. The fourth-order valence-corrected chi connectivity index (χ4v) is 5.69. The number of amides is 1. The van der Waals surface area contributed by atoms with Crippen molar-refractivity contribution in [2.75, 3.05) is 44.7 Å². The van der Waals surface area contributed by atoms with Gasteiger partial charge in [0.15, 0.2) is 0 Å². The summed E-state index contributed by atoms with van der Waals surface area (Å²) in [5.74, 6) is 1.41. The Morgan fingerprint density at radius 3 is 2.85 bits per heavy atom. The van der Waals surface area contributed by atoms with Gasteiger partial charge in [-0.1, -0.05) is 0 Å². The lowest BCUT2D eigenvalue weighted by Gasteiger charge is -2.34. The van der Waals surface area contributed by atoms with Gasteiger partial charge in [-0.3, -0.25) is 14.4 Å². The number of nitrogens with one attached hydrogen (secondary N) is 1. The van der Waals surface area contributed by atoms with Crippen molar-refractivity contribution in [1.29, 1.82) is 0 Å². The summed E-state index contributed by atoms with van der Waals surface area (Å²) in [5, 5.41) is 7.35. The molecule has 9 nitrogen and oxygen atoms in total. The zero-order valence-corrected chi connectivity index (χ0v) is 20.1. The summed E-state index contributed by atoms with van der Waals surface area (Å²) >= 11 is 1.64. The highest BCUT2D eigenvalue weighted by Crippen LogP contribution is 2.45. The van der Waals surface area contributed by atoms with Crippen molar-refractivity contribution in [2.24, 2.45) is 7.05 Å². The number of hydrogen-bond acceptors (Lipinski definition) is 8. The summed E-state index contributed by atoms with van der Waals surface area (Å²) in [6.07, 6.45) is 4.50. The normalized spacial score (nSPS) is 18.4. The van der Waals surface area contributed by atoms with E-state index >= 15 is 0 Å². The fourth-order valence-electron chi connectivity index (χ4n) is 4.46. The molecule has 0 aromatic carbocycles. The third kappa shape index (κ3) is 4.25. The van der Waals surface area contributed by atoms with E-state index in [-0.39, 0.29) is 11.4 Å². The van der Waals surface area contributed by atoms with Gasteiger partial charge in [-0.05, 0) is 32.4 Å². The van der Waals surface area contributed by atoms with E-state index in [0.29, 0.717) is 5.95 Å². The van der Waals surface area contributed by atoms with Gasteiger partial charge in [-0.2, -0.15) is 5.10 Å². The molecule has 174 valence electrons. The monoisotopic (exact) mass is 467 g/mol. The molecular weight excluding hydrogens is 438 g/mol. The second-order valence-electron chi connectivity index (χ2n) is 8.91. The second kappa shape index (κ2) is 8.85. The number of fused-ring (bicyclic) bond motifs is 1. The SMILES string of the molecule is Cn1nccc1Nc1nccc(-c2cc3c(s2)C(C)(C)N(CCN2CCCOCC2)C3=O)n1. The maximum absolute atomic E-state index is 13.3. The molecular formula is C23H29N7O2S. The van der Waals surface area contributed by atoms with Crippen LogP contribution in [0.25, 0.3) is 10.6 Å². The highest BCUT2D eigenvalue weighted by Gasteiger charge is 2.44. The van der Waals surface area contributed by atoms with E-state index in [2.05, 4.69) is 39.1 Å². The number of carbonyl (C=O) groups is 1. The Balaban J connectivity index is 1.33. The molecule has 0 unspecified atom stereocenters. The highest BCUT2D eigenvalue weighted by molar-refractivity contribution is 7.16. The van der Waals surface area contributed by atoms with E-state index in [0.717, 1.165) is 72.6 Å². The third-order valence-electron chi connectivity index (χ3n) is 6.36. The number of hydrogen-bond donors (Lipinski definition) is 1. The first-order chi connectivity index (χ1) is 15.9. The molecule has 3 aromatic rings. The molecule has 2 aliphatic heterocycles. The third-order valence-corrected chi connectivity index (χ3v) is 7.83. The molecule has 1 fully saturated rings. The van der Waals surface area contributed by atoms with Gasteiger partial charge in [-0.15, -0.1) is 11.3 Å². The molecule has 0 spiro atoms. The molecule has 0 atom stereocenters. The lowest BCUT2D eigenvalue weighted by Crippen LogP contribution is -2.44. The molecule has 2 aliphatic rings. The van der Waals surface area contributed by atoms with E-state index in [1.807, 2.05) is 30.1 Å². The van der Waals surface area contributed by atoms with Crippen molar-refractivity contribution in [1.82, 2.24) is 29.5 Å². The van der Waals surface area contributed by atoms with Crippen LogP contribution in [0.1, 0.15) is 35.5 Å². The molecule has 0 saturated carbocycles. The van der Waals surface area contributed by atoms with Crippen LogP contribution in [0.2, 0.25) is 0 Å². The van der Waals surface area contributed by atoms with Crippen LogP contribution in [0.15, 0.2) is 30.6 Å². The van der Waals surface area contributed by atoms with Gasteiger partial charge in [0.25, 0.3) is 5.91 Å². The van der Waals surface area contributed by atoms with Crippen LogP contribution in [0.5, 0.6) is 0 Å². The molecule has 0 aliphatic carbocycles. The lowest BCUT2D eigenvalue weighted by molar-refractivity contribution is 0.0585. The highest BCUT2D eigenvalue weighted by atomic mass is 32.1. The predicted molar refractivity (Wildman–Crippen MR) is 128 cm³/mol. The lowest BCUT2D eigenvalue weighted by atomic mass is 10.0. The Labute approximate surface area is 197 Å². The summed E-state index contributed by atoms with van der Waals surface area (Å²) in [7, 11) is 1.86. The Morgan fingerprint density at radius 2 is 2.06 bits per heavy atom. The van der Waals surface area contributed by atoms with Gasteiger partial charge in [0.1, 0.15) is 5.82 Å². The van der Waals surface area contributed by atoms with Crippen molar-refractivity contribution in [3.63, 3.8) is 0 Å². The van der Waals surface area contributed by atoms with Gasteiger partial charge in [0.05, 0.1) is 34.5 Å². The first-order valence-corrected chi connectivity index (χ1v) is 12.1. The number of carbonyl (C=O) groups excluding carboxylic acids is 1. The smallest absolute Gasteiger partial charge is 0.255 e. The van der Waals surface area contributed by atoms with Gasteiger partial charge in [-0.25, -0.2) is 9.97 Å². The molecule has 10 heteroatoms. The van der Waals surface area contributed by atoms with Crippen LogP contribution >= 0.6 is 11.3 Å². The van der Waals surface area contributed by atoms with Crippen LogP contribution < -0.4 is 5.32 Å². The molecule has 5 rings (SSSR count). The standard InChI is InChI=1S/C23H29N7O2S/c1-23(2)20-16(21(31)30(23)11-10-29-9-4-13-32-14-12-29)15-18(33-20)17-5-7-24-22(26-17)27-19-6-8-25-28(19)3/h5-8,15H,4,9-14H2,1-3H3,(H,24,26,27). The average molecular weight is 468 g/mol. The first-order valence-electron chi connectivity index (χ1n) is 11.3. The summed E-state index contributed by atoms with van der Waals surface area (Å²) in [6.45, 7) is 9.41. The first kappa shape index (κ1) is 22.0. The molecule has 1 amide bonds. The van der Waals surface area contributed by atoms with Crippen molar-refractivity contribution in [2.45, 2.75) is 25.8 Å². The summed E-state index contributed by atoms with van der Waals surface area (Å²) < 4.78 is 7.28. The number of rotatable bonds is 6. The fraction of sp³-hybridized carbons (Fsp3) is 0.478. The molecule has 5 heterocycles. The number of ether oxygens (including phenoxy) is 1. The van der Waals surface area contributed by atoms with Crippen molar-refractivity contribution < 1.29 is 9.53 Å². The Hall–Kier alpha value is -2.82. The zero-order valence-electron chi connectivity index (χ0n) is 19.2. The number of anilines is 2. The van der Waals surface area contributed by atoms with Gasteiger partial charge >= 0.3 is 0 Å². The average Bonchev–Trinajstić information content (AvgIpc) is 3.38. The second-order valence-corrected chi connectivity index (χ2v) is 9.96. The summed E-state index contributed by atoms with van der Waals surface area (Å²) in [4.78, 5) is 28.8. The van der Waals surface area contributed by atoms with Crippen LogP contribution in [-0.4, -0.2) is 74.8 Å². The minimum atomic E-state index is -0.347. The van der Waals surface area contributed by atoms with Crippen molar-refractivity contribution >= 4 is 29.0 Å². The van der Waals surface area contributed by atoms with E-state index in [1.165, 1.54) is 0 Å². The Kier molecular flexibility index (Phi) is 5.90. The molecule has 1 N–H and O–H groups in total. The van der Waals surface area contributed by atoms with Gasteiger partial charge in [0, 0.05) is 57.0 Å². The largest absolute Gasteiger partial charge is 0.380 e. The predicted octanol–water partition coefficient (Wildman–Crippen LogP) is 3.10. The van der Waals surface area contributed by atoms with Crippen LogP contribution in [-0.2, 0) is 17.3 Å². The maximum atomic E-state index is 13.3. The molecule has 3 aromatic heterocycles. The summed E-state index contributed by atoms with van der Waals surface area (Å²) in [6, 6.07) is 5.73. The van der Waals surface area contributed by atoms with Gasteiger partial charge < -0.3 is 15.0 Å². The number of thiophene rings is 1. The van der Waals surface area contributed by atoms with E-state index in [9.17, 15) is 4.79 Å².